The van der Waals surface area contributed by atoms with Crippen LogP contribution in [0.4, 0.5) is 8.78 Å². The molecule has 19 heavy (non-hydrogen) atoms. The summed E-state index contributed by atoms with van der Waals surface area (Å²) < 4.78 is 28.9. The highest BCUT2D eigenvalue weighted by atomic mass is 32.1. The van der Waals surface area contributed by atoms with Crippen LogP contribution in [0.15, 0.2) is 35.0 Å². The highest BCUT2D eigenvalue weighted by Gasteiger charge is 2.18. The van der Waals surface area contributed by atoms with E-state index < -0.39 is 11.6 Å². The van der Waals surface area contributed by atoms with Gasteiger partial charge in [0, 0.05) is 18.0 Å². The summed E-state index contributed by atoms with van der Waals surface area (Å²) in [5.74, 6) is -0.692. The van der Waals surface area contributed by atoms with Crippen molar-refractivity contribution in [3.8, 4) is 22.8 Å². The number of thiophene rings is 1. The minimum absolute atomic E-state index is 0.0549. The van der Waals surface area contributed by atoms with Crippen LogP contribution in [-0.2, 0) is 7.05 Å². The summed E-state index contributed by atoms with van der Waals surface area (Å²) in [6, 6.07) is 5.59. The molecule has 2 aromatic heterocycles. The Labute approximate surface area is 112 Å². The van der Waals surface area contributed by atoms with E-state index in [1.54, 1.807) is 7.05 Å². The fourth-order valence-electron chi connectivity index (χ4n) is 1.84. The molecule has 0 saturated carbocycles. The Morgan fingerprint density at radius 1 is 1.16 bits per heavy atom. The van der Waals surface area contributed by atoms with Gasteiger partial charge in [0.15, 0.2) is 11.6 Å². The van der Waals surface area contributed by atoms with Gasteiger partial charge in [0.25, 0.3) is 0 Å². The smallest absolute Gasteiger partial charge is 0.187 e. The number of hydrogen-bond acceptors (Lipinski definition) is 3. The minimum Gasteiger partial charge on any atom is -0.248 e. The summed E-state index contributed by atoms with van der Waals surface area (Å²) in [6.07, 6.45) is 0. The molecule has 0 aliphatic heterocycles. The van der Waals surface area contributed by atoms with Crippen LogP contribution >= 0.6 is 11.3 Å². The molecule has 0 fully saturated rings. The van der Waals surface area contributed by atoms with Gasteiger partial charge in [-0.3, -0.25) is 0 Å². The molecule has 0 spiro atoms. The molecule has 0 unspecified atom stereocenters. The molecule has 3 rings (SSSR count). The van der Waals surface area contributed by atoms with E-state index in [1.165, 1.54) is 34.2 Å². The van der Waals surface area contributed by atoms with Gasteiger partial charge < -0.3 is 0 Å². The normalized spacial score (nSPS) is 10.9. The van der Waals surface area contributed by atoms with Crippen LogP contribution in [0.25, 0.3) is 22.8 Å². The second-order valence-corrected chi connectivity index (χ2v) is 4.77. The number of aryl methyl sites for hydroxylation is 1. The number of rotatable bonds is 2. The number of nitrogens with zero attached hydrogens (tertiary/aromatic N) is 3. The third kappa shape index (κ3) is 2.04. The number of halogens is 2. The monoisotopic (exact) mass is 277 g/mol. The first kappa shape index (κ1) is 12.0. The van der Waals surface area contributed by atoms with Gasteiger partial charge in [-0.1, -0.05) is 6.07 Å². The summed E-state index contributed by atoms with van der Waals surface area (Å²) in [4.78, 5) is 4.22. The summed E-state index contributed by atoms with van der Waals surface area (Å²) in [5, 5.41) is 7.91. The largest absolute Gasteiger partial charge is 0.248 e. The quantitative estimate of drug-likeness (QED) is 0.718. The van der Waals surface area contributed by atoms with Crippen LogP contribution in [0.5, 0.6) is 0 Å². The maximum Gasteiger partial charge on any atom is 0.187 e. The van der Waals surface area contributed by atoms with E-state index in [2.05, 4.69) is 10.1 Å². The maximum atomic E-state index is 13.7. The molecule has 6 heteroatoms. The Bertz CT molecular complexity index is 699. The molecule has 0 aliphatic carbocycles. The van der Waals surface area contributed by atoms with Gasteiger partial charge in [0.05, 0.1) is 5.56 Å². The molecule has 3 nitrogen and oxygen atoms in total. The van der Waals surface area contributed by atoms with Crippen LogP contribution in [0.2, 0.25) is 0 Å². The third-order valence-corrected chi connectivity index (χ3v) is 3.41. The second kappa shape index (κ2) is 4.55. The van der Waals surface area contributed by atoms with Crippen molar-refractivity contribution in [2.75, 3.05) is 0 Å². The van der Waals surface area contributed by atoms with Gasteiger partial charge in [-0.05, 0) is 23.6 Å². The van der Waals surface area contributed by atoms with E-state index in [0.29, 0.717) is 5.82 Å². The zero-order chi connectivity index (χ0) is 13.4. The van der Waals surface area contributed by atoms with Gasteiger partial charge in [-0.15, -0.1) is 0 Å². The molecule has 0 atom stereocenters. The highest BCUT2D eigenvalue weighted by Crippen LogP contribution is 2.26. The average Bonchev–Trinajstić information content (AvgIpc) is 2.98. The first-order chi connectivity index (χ1) is 9.16. The lowest BCUT2D eigenvalue weighted by Crippen LogP contribution is -1.94. The van der Waals surface area contributed by atoms with E-state index in [0.717, 1.165) is 5.56 Å². The van der Waals surface area contributed by atoms with Crippen molar-refractivity contribution in [1.29, 1.82) is 0 Å². The van der Waals surface area contributed by atoms with Crippen LogP contribution in [0, 0.1) is 11.6 Å². The Balaban J connectivity index is 2.16. The third-order valence-electron chi connectivity index (χ3n) is 2.73. The summed E-state index contributed by atoms with van der Waals surface area (Å²) in [5.41, 5.74) is 0.683. The van der Waals surface area contributed by atoms with Crippen molar-refractivity contribution < 1.29 is 8.78 Å². The molecule has 0 aliphatic rings. The van der Waals surface area contributed by atoms with Crippen molar-refractivity contribution in [1.82, 2.24) is 14.8 Å². The molecule has 0 saturated heterocycles. The summed E-state index contributed by atoms with van der Waals surface area (Å²) in [6.45, 7) is 0. The summed E-state index contributed by atoms with van der Waals surface area (Å²) >= 11 is 1.53. The van der Waals surface area contributed by atoms with Crippen molar-refractivity contribution in [3.63, 3.8) is 0 Å². The predicted octanol–water partition coefficient (Wildman–Crippen LogP) is 3.49. The topological polar surface area (TPSA) is 30.7 Å². The van der Waals surface area contributed by atoms with Gasteiger partial charge in [0.2, 0.25) is 0 Å². The van der Waals surface area contributed by atoms with Crippen molar-refractivity contribution >= 4 is 11.3 Å². The molecule has 0 bridgehead atoms. The molecule has 0 radical (unpaired) electrons. The molecule has 1 aromatic carbocycles. The first-order valence-corrected chi connectivity index (χ1v) is 6.49. The zero-order valence-electron chi connectivity index (χ0n) is 9.97. The van der Waals surface area contributed by atoms with Crippen molar-refractivity contribution in [2.45, 2.75) is 0 Å². The van der Waals surface area contributed by atoms with Crippen molar-refractivity contribution in [3.05, 3.63) is 46.7 Å². The maximum absolute atomic E-state index is 13.7. The van der Waals surface area contributed by atoms with Crippen LogP contribution in [0.1, 0.15) is 0 Å². The Kier molecular flexibility index (Phi) is 2.87. The Hall–Kier alpha value is -2.08. The first-order valence-electron chi connectivity index (χ1n) is 5.55. The van der Waals surface area contributed by atoms with Crippen LogP contribution in [0.3, 0.4) is 0 Å². The van der Waals surface area contributed by atoms with Gasteiger partial charge in [0.1, 0.15) is 11.6 Å². The predicted molar refractivity (Wildman–Crippen MR) is 69.7 cm³/mol. The molecular weight excluding hydrogens is 268 g/mol. The number of aromatic nitrogens is 3. The lowest BCUT2D eigenvalue weighted by atomic mass is 10.2. The molecule has 0 N–H and O–H groups in total. The van der Waals surface area contributed by atoms with Crippen LogP contribution < -0.4 is 0 Å². The molecular formula is C13H9F2N3S. The van der Waals surface area contributed by atoms with E-state index >= 15 is 0 Å². The number of hydrogen-bond donors (Lipinski definition) is 0. The SMILES string of the molecule is Cn1nc(-c2c(F)cccc2F)nc1-c1ccsc1. The fourth-order valence-corrected chi connectivity index (χ4v) is 2.48. The average molecular weight is 277 g/mol. The molecule has 0 amide bonds. The van der Waals surface area contributed by atoms with E-state index in [4.69, 9.17) is 0 Å². The zero-order valence-corrected chi connectivity index (χ0v) is 10.8. The Morgan fingerprint density at radius 3 is 2.53 bits per heavy atom. The lowest BCUT2D eigenvalue weighted by molar-refractivity contribution is 0.587. The van der Waals surface area contributed by atoms with E-state index in [1.807, 2.05) is 16.8 Å². The van der Waals surface area contributed by atoms with Gasteiger partial charge in [-0.2, -0.15) is 16.4 Å². The number of benzene rings is 1. The van der Waals surface area contributed by atoms with Crippen LogP contribution in [-0.4, -0.2) is 14.8 Å². The standard InChI is InChI=1S/C13H9F2N3S/c1-18-13(8-5-6-19-7-8)16-12(17-18)11-9(14)3-2-4-10(11)15/h2-7H,1H3. The van der Waals surface area contributed by atoms with Gasteiger partial charge in [-0.25, -0.2) is 18.4 Å². The minimum atomic E-state index is -0.664. The van der Waals surface area contributed by atoms with E-state index in [-0.39, 0.29) is 11.4 Å². The lowest BCUT2D eigenvalue weighted by Gasteiger charge is -1.98. The summed E-state index contributed by atoms with van der Waals surface area (Å²) in [7, 11) is 1.70. The van der Waals surface area contributed by atoms with Gasteiger partial charge >= 0.3 is 0 Å². The molecule has 3 aromatic rings. The fraction of sp³-hybridized carbons (Fsp3) is 0.0769. The Morgan fingerprint density at radius 2 is 1.89 bits per heavy atom. The van der Waals surface area contributed by atoms with E-state index in [9.17, 15) is 8.78 Å². The second-order valence-electron chi connectivity index (χ2n) is 3.99. The molecule has 96 valence electrons. The highest BCUT2D eigenvalue weighted by molar-refractivity contribution is 7.08. The molecule has 2 heterocycles. The van der Waals surface area contributed by atoms with Crippen molar-refractivity contribution in [2.24, 2.45) is 7.05 Å².